The van der Waals surface area contributed by atoms with Gasteiger partial charge in [0.05, 0.1) is 0 Å². The second-order valence-corrected chi connectivity index (χ2v) is 3.29. The zero-order valence-electron chi connectivity index (χ0n) is 8.78. The van der Waals surface area contributed by atoms with Crippen molar-refractivity contribution in [3.05, 3.63) is 42.9 Å². The highest BCUT2D eigenvalue weighted by molar-refractivity contribution is 5.52. The maximum Gasteiger partial charge on any atom is 0.200 e. The summed E-state index contributed by atoms with van der Waals surface area (Å²) < 4.78 is 0. The van der Waals surface area contributed by atoms with Crippen LogP contribution in [0.1, 0.15) is 0 Å². The van der Waals surface area contributed by atoms with Crippen molar-refractivity contribution in [1.29, 1.82) is 0 Å². The van der Waals surface area contributed by atoms with Gasteiger partial charge in [0.1, 0.15) is 5.69 Å². The third-order valence-electron chi connectivity index (χ3n) is 2.16. The number of hydrogen-bond donors (Lipinski definition) is 1. The van der Waals surface area contributed by atoms with Crippen molar-refractivity contribution in [3.63, 3.8) is 0 Å². The molecule has 0 bridgehead atoms. The SMILES string of the molecule is c1ccc(-c2n[nH]c(-c3ncccn3)n2)nc1. The van der Waals surface area contributed by atoms with Crippen molar-refractivity contribution in [2.24, 2.45) is 0 Å². The lowest BCUT2D eigenvalue weighted by molar-refractivity contribution is 1.06. The molecule has 17 heavy (non-hydrogen) atoms. The van der Waals surface area contributed by atoms with Gasteiger partial charge in [-0.3, -0.25) is 10.1 Å². The van der Waals surface area contributed by atoms with Crippen molar-refractivity contribution >= 4 is 0 Å². The summed E-state index contributed by atoms with van der Waals surface area (Å²) in [5.41, 5.74) is 0.714. The summed E-state index contributed by atoms with van der Waals surface area (Å²) in [6.07, 6.45) is 5.01. The largest absolute Gasteiger partial charge is 0.256 e. The van der Waals surface area contributed by atoms with Crippen molar-refractivity contribution in [1.82, 2.24) is 30.1 Å². The molecule has 0 aliphatic carbocycles. The van der Waals surface area contributed by atoms with E-state index in [1.807, 2.05) is 18.2 Å². The Hall–Kier alpha value is -2.63. The minimum atomic E-state index is 0.516. The van der Waals surface area contributed by atoms with E-state index < -0.39 is 0 Å². The Bertz CT molecular complexity index is 550. The van der Waals surface area contributed by atoms with E-state index in [0.717, 1.165) is 0 Å². The number of H-pyrrole nitrogens is 1. The first kappa shape index (κ1) is 9.59. The fourth-order valence-corrected chi connectivity index (χ4v) is 1.39. The van der Waals surface area contributed by atoms with Crippen LogP contribution >= 0.6 is 0 Å². The van der Waals surface area contributed by atoms with Crippen LogP contribution in [0.25, 0.3) is 23.2 Å². The van der Waals surface area contributed by atoms with E-state index >= 15 is 0 Å². The maximum atomic E-state index is 4.30. The molecule has 0 fully saturated rings. The second kappa shape index (κ2) is 4.09. The van der Waals surface area contributed by atoms with Gasteiger partial charge in [-0.1, -0.05) is 6.07 Å². The third-order valence-corrected chi connectivity index (χ3v) is 2.16. The smallest absolute Gasteiger partial charge is 0.200 e. The zero-order chi connectivity index (χ0) is 11.5. The van der Waals surface area contributed by atoms with E-state index in [1.54, 1.807) is 24.7 Å². The fraction of sp³-hybridized carbons (Fsp3) is 0. The summed E-state index contributed by atoms with van der Waals surface area (Å²) in [6.45, 7) is 0. The van der Waals surface area contributed by atoms with Gasteiger partial charge < -0.3 is 0 Å². The van der Waals surface area contributed by atoms with Crippen LogP contribution < -0.4 is 0 Å². The van der Waals surface area contributed by atoms with Gasteiger partial charge >= 0.3 is 0 Å². The summed E-state index contributed by atoms with van der Waals surface area (Å²) in [7, 11) is 0. The molecule has 0 saturated heterocycles. The van der Waals surface area contributed by atoms with Crippen molar-refractivity contribution in [3.8, 4) is 23.2 Å². The van der Waals surface area contributed by atoms with Crippen LogP contribution in [0.4, 0.5) is 0 Å². The Labute approximate surface area is 96.8 Å². The second-order valence-electron chi connectivity index (χ2n) is 3.29. The lowest BCUT2D eigenvalue weighted by Gasteiger charge is -1.91. The summed E-state index contributed by atoms with van der Waals surface area (Å²) in [5.74, 6) is 1.58. The summed E-state index contributed by atoms with van der Waals surface area (Å²) in [5, 5.41) is 6.88. The van der Waals surface area contributed by atoms with Crippen LogP contribution in [0.5, 0.6) is 0 Å². The maximum absolute atomic E-state index is 4.30. The average molecular weight is 224 g/mol. The molecule has 0 unspecified atom stereocenters. The third kappa shape index (κ3) is 1.87. The highest BCUT2D eigenvalue weighted by atomic mass is 15.2. The molecule has 1 N–H and O–H groups in total. The standard InChI is InChI=1S/C11H8N6/c1-2-5-12-8(4-1)9-15-11(17-16-9)10-13-6-3-7-14-10/h1-7H,(H,15,16,17). The van der Waals surface area contributed by atoms with E-state index in [0.29, 0.717) is 23.2 Å². The zero-order valence-corrected chi connectivity index (χ0v) is 8.78. The molecule has 6 nitrogen and oxygen atoms in total. The molecule has 82 valence electrons. The van der Waals surface area contributed by atoms with E-state index in [1.165, 1.54) is 0 Å². The molecular formula is C11H8N6. The number of nitrogens with zero attached hydrogens (tertiary/aromatic N) is 5. The highest BCUT2D eigenvalue weighted by Gasteiger charge is 2.09. The molecule has 0 atom stereocenters. The minimum absolute atomic E-state index is 0.516. The number of rotatable bonds is 2. The number of nitrogens with one attached hydrogen (secondary N) is 1. The molecule has 0 saturated carbocycles. The molecule has 3 heterocycles. The van der Waals surface area contributed by atoms with Gasteiger partial charge in [0, 0.05) is 18.6 Å². The van der Waals surface area contributed by atoms with E-state index in [2.05, 4.69) is 30.1 Å². The van der Waals surface area contributed by atoms with E-state index in [4.69, 9.17) is 0 Å². The number of pyridine rings is 1. The highest BCUT2D eigenvalue weighted by Crippen LogP contribution is 2.14. The topological polar surface area (TPSA) is 80.2 Å². The van der Waals surface area contributed by atoms with Crippen molar-refractivity contribution in [2.75, 3.05) is 0 Å². The first-order chi connectivity index (χ1) is 8.43. The molecular weight excluding hydrogens is 216 g/mol. The quantitative estimate of drug-likeness (QED) is 0.710. The van der Waals surface area contributed by atoms with Gasteiger partial charge in [-0.2, -0.15) is 5.10 Å². The van der Waals surface area contributed by atoms with Crippen molar-refractivity contribution in [2.45, 2.75) is 0 Å². The molecule has 3 aromatic heterocycles. The van der Waals surface area contributed by atoms with Gasteiger partial charge in [0.15, 0.2) is 17.5 Å². The van der Waals surface area contributed by atoms with Crippen LogP contribution in [-0.4, -0.2) is 30.1 Å². The van der Waals surface area contributed by atoms with Gasteiger partial charge in [-0.25, -0.2) is 15.0 Å². The van der Waals surface area contributed by atoms with Gasteiger partial charge in [0.25, 0.3) is 0 Å². The lowest BCUT2D eigenvalue weighted by atomic mass is 10.3. The molecule has 0 radical (unpaired) electrons. The lowest BCUT2D eigenvalue weighted by Crippen LogP contribution is -1.88. The first-order valence-electron chi connectivity index (χ1n) is 5.05. The molecule has 6 heteroatoms. The number of aromatic amines is 1. The fourth-order valence-electron chi connectivity index (χ4n) is 1.39. The van der Waals surface area contributed by atoms with Crippen LogP contribution in [0.15, 0.2) is 42.9 Å². The van der Waals surface area contributed by atoms with E-state index in [9.17, 15) is 0 Å². The Morgan fingerprint density at radius 3 is 2.41 bits per heavy atom. The van der Waals surface area contributed by atoms with Crippen molar-refractivity contribution < 1.29 is 0 Å². The minimum Gasteiger partial charge on any atom is -0.256 e. The van der Waals surface area contributed by atoms with Crippen LogP contribution in [0.3, 0.4) is 0 Å². The Morgan fingerprint density at radius 1 is 0.824 bits per heavy atom. The van der Waals surface area contributed by atoms with Gasteiger partial charge in [0.2, 0.25) is 0 Å². The summed E-state index contributed by atoms with van der Waals surface area (Å²) in [6, 6.07) is 7.33. The summed E-state index contributed by atoms with van der Waals surface area (Å²) >= 11 is 0. The van der Waals surface area contributed by atoms with E-state index in [-0.39, 0.29) is 0 Å². The predicted molar refractivity (Wildman–Crippen MR) is 60.6 cm³/mol. The molecule has 0 aliphatic rings. The number of aromatic nitrogens is 6. The molecule has 0 aliphatic heterocycles. The Kier molecular flexibility index (Phi) is 2.31. The van der Waals surface area contributed by atoms with Crippen LogP contribution in [-0.2, 0) is 0 Å². The Morgan fingerprint density at radius 2 is 1.65 bits per heavy atom. The first-order valence-corrected chi connectivity index (χ1v) is 5.05. The van der Waals surface area contributed by atoms with Crippen LogP contribution in [0.2, 0.25) is 0 Å². The molecule has 0 aromatic carbocycles. The average Bonchev–Trinajstić information content (AvgIpc) is 2.90. The normalized spacial score (nSPS) is 10.4. The molecule has 0 amide bonds. The predicted octanol–water partition coefficient (Wildman–Crippen LogP) is 1.32. The van der Waals surface area contributed by atoms with Gasteiger partial charge in [-0.05, 0) is 18.2 Å². The summed E-state index contributed by atoms with van der Waals surface area (Å²) in [4.78, 5) is 16.6. The molecule has 0 spiro atoms. The van der Waals surface area contributed by atoms with Gasteiger partial charge in [-0.15, -0.1) is 0 Å². The monoisotopic (exact) mass is 224 g/mol. The molecule has 3 rings (SSSR count). The molecule has 3 aromatic rings. The van der Waals surface area contributed by atoms with Crippen LogP contribution in [0, 0.1) is 0 Å². The number of hydrogen-bond acceptors (Lipinski definition) is 5. The Balaban J connectivity index is 1.99.